The number of hydrogen-bond donors (Lipinski definition) is 0. The van der Waals surface area contributed by atoms with Crippen LogP contribution in [0.1, 0.15) is 25.0 Å². The van der Waals surface area contributed by atoms with Crippen LogP contribution >= 0.6 is 45.2 Å². The molecular formula is C18H18Cl2N2O2S2. The van der Waals surface area contributed by atoms with Gasteiger partial charge in [0.05, 0.1) is 33.3 Å². The van der Waals surface area contributed by atoms with Gasteiger partial charge in [-0.2, -0.15) is 0 Å². The molecule has 0 bridgehead atoms. The Morgan fingerprint density at radius 1 is 0.808 bits per heavy atom. The quantitative estimate of drug-likeness (QED) is 0.280. The number of hydrogen-bond acceptors (Lipinski definition) is 4. The highest BCUT2D eigenvalue weighted by Gasteiger charge is 2.14. The molecule has 0 spiro atoms. The Bertz CT molecular complexity index is 724. The molecule has 0 saturated carbocycles. The second-order valence-corrected chi connectivity index (χ2v) is 8.06. The summed E-state index contributed by atoms with van der Waals surface area (Å²) in [5, 5.41) is 1.22. The Balaban J connectivity index is 2.12. The van der Waals surface area contributed by atoms with Crippen LogP contribution in [0.25, 0.3) is 0 Å². The van der Waals surface area contributed by atoms with Crippen molar-refractivity contribution in [3.8, 4) is 0 Å². The topological polar surface area (TPSA) is 40.6 Å². The molecule has 0 aromatic heterocycles. The van der Waals surface area contributed by atoms with Gasteiger partial charge in [0.2, 0.25) is 12.8 Å². The molecule has 26 heavy (non-hydrogen) atoms. The van der Waals surface area contributed by atoms with Crippen molar-refractivity contribution < 1.29 is 9.59 Å². The normalized spacial score (nSPS) is 10.5. The van der Waals surface area contributed by atoms with Crippen molar-refractivity contribution >= 4 is 69.4 Å². The van der Waals surface area contributed by atoms with Gasteiger partial charge in [0.15, 0.2) is 0 Å². The van der Waals surface area contributed by atoms with Crippen LogP contribution in [0.2, 0.25) is 10.0 Å². The molecule has 8 heteroatoms. The first-order chi connectivity index (χ1) is 12.5. The highest BCUT2D eigenvalue weighted by molar-refractivity contribution is 8.78. The molecule has 0 heterocycles. The summed E-state index contributed by atoms with van der Waals surface area (Å²) < 4.78 is 2.82. The van der Waals surface area contributed by atoms with Crippen LogP contribution in [-0.2, 0) is 22.4 Å². The van der Waals surface area contributed by atoms with Crippen LogP contribution < -0.4 is 8.61 Å². The predicted molar refractivity (Wildman–Crippen MR) is 114 cm³/mol. The summed E-state index contributed by atoms with van der Waals surface area (Å²) in [6, 6.07) is 10.9. The van der Waals surface area contributed by atoms with Crippen molar-refractivity contribution in [2.45, 2.75) is 26.7 Å². The van der Waals surface area contributed by atoms with Crippen molar-refractivity contribution in [1.82, 2.24) is 0 Å². The minimum absolute atomic E-state index is 0.608. The minimum Gasteiger partial charge on any atom is -0.277 e. The molecule has 0 fully saturated rings. The molecule has 0 radical (unpaired) electrons. The Morgan fingerprint density at radius 2 is 1.19 bits per heavy atom. The number of carbonyl (C=O) groups excluding carboxylic acids is 2. The second kappa shape index (κ2) is 10.1. The molecular weight excluding hydrogens is 411 g/mol. The van der Waals surface area contributed by atoms with Gasteiger partial charge in [0, 0.05) is 10.0 Å². The van der Waals surface area contributed by atoms with E-state index in [0.717, 1.165) is 45.9 Å². The Morgan fingerprint density at radius 3 is 1.46 bits per heavy atom. The van der Waals surface area contributed by atoms with Gasteiger partial charge in [-0.15, -0.1) is 0 Å². The van der Waals surface area contributed by atoms with E-state index in [9.17, 15) is 9.59 Å². The van der Waals surface area contributed by atoms with E-state index in [1.54, 1.807) is 12.1 Å². The molecule has 0 unspecified atom stereocenters. The van der Waals surface area contributed by atoms with E-state index in [4.69, 9.17) is 23.2 Å². The molecule has 2 aromatic carbocycles. The van der Waals surface area contributed by atoms with Crippen LogP contribution in [0.4, 0.5) is 11.4 Å². The molecule has 2 amide bonds. The predicted octanol–water partition coefficient (Wildman–Crippen LogP) is 5.96. The third-order valence-electron chi connectivity index (χ3n) is 3.73. The number of rotatable bonds is 9. The number of carbonyl (C=O) groups is 2. The molecule has 0 aliphatic carbocycles. The van der Waals surface area contributed by atoms with Gasteiger partial charge in [-0.25, -0.2) is 8.61 Å². The summed E-state index contributed by atoms with van der Waals surface area (Å²) in [5.41, 5.74) is 3.31. The zero-order valence-electron chi connectivity index (χ0n) is 14.3. The molecule has 4 nitrogen and oxygen atoms in total. The van der Waals surface area contributed by atoms with E-state index >= 15 is 0 Å². The smallest absolute Gasteiger partial charge is 0.224 e. The summed E-state index contributed by atoms with van der Waals surface area (Å²) in [6.07, 6.45) is 3.00. The van der Waals surface area contributed by atoms with Gasteiger partial charge >= 0.3 is 0 Å². The summed E-state index contributed by atoms with van der Waals surface area (Å²) in [4.78, 5) is 22.9. The van der Waals surface area contributed by atoms with Crippen molar-refractivity contribution in [3.63, 3.8) is 0 Å². The molecule has 0 aliphatic heterocycles. The van der Waals surface area contributed by atoms with E-state index in [0.29, 0.717) is 34.2 Å². The van der Waals surface area contributed by atoms with Gasteiger partial charge < -0.3 is 0 Å². The van der Waals surface area contributed by atoms with Crippen molar-refractivity contribution in [1.29, 1.82) is 0 Å². The molecule has 2 rings (SSSR count). The van der Waals surface area contributed by atoms with Crippen molar-refractivity contribution in [2.24, 2.45) is 0 Å². The average Bonchev–Trinajstić information content (AvgIpc) is 2.65. The lowest BCUT2D eigenvalue weighted by Crippen LogP contribution is -2.15. The maximum atomic E-state index is 11.5. The summed E-state index contributed by atoms with van der Waals surface area (Å²) in [6.45, 7) is 4.03. The van der Waals surface area contributed by atoms with Crippen LogP contribution in [0.3, 0.4) is 0 Å². The third kappa shape index (κ3) is 5.10. The van der Waals surface area contributed by atoms with E-state index in [1.165, 1.54) is 8.61 Å². The zero-order valence-corrected chi connectivity index (χ0v) is 17.5. The fourth-order valence-corrected chi connectivity index (χ4v) is 4.62. The number of nitrogens with zero attached hydrogens (tertiary/aromatic N) is 2. The lowest BCUT2D eigenvalue weighted by atomic mass is 10.1. The first kappa shape index (κ1) is 21.0. The van der Waals surface area contributed by atoms with Gasteiger partial charge in [-0.05, 0) is 48.2 Å². The SMILES string of the molecule is CCc1ccc(N(C=O)SSN(C=O)c2ccc(CC)c(Cl)c2)cc1Cl. The maximum Gasteiger partial charge on any atom is 0.224 e. The molecule has 0 atom stereocenters. The van der Waals surface area contributed by atoms with Gasteiger partial charge in [-0.1, -0.05) is 49.2 Å². The number of halogens is 2. The molecule has 0 aliphatic rings. The maximum absolute atomic E-state index is 11.5. The van der Waals surface area contributed by atoms with E-state index in [2.05, 4.69) is 0 Å². The fourth-order valence-electron chi connectivity index (χ4n) is 2.23. The van der Waals surface area contributed by atoms with Crippen LogP contribution in [0.5, 0.6) is 0 Å². The minimum atomic E-state index is 0.608. The summed E-state index contributed by atoms with van der Waals surface area (Å²) in [7, 11) is 2.23. The first-order valence-corrected chi connectivity index (χ1v) is 10.8. The second-order valence-electron chi connectivity index (χ2n) is 5.27. The Kier molecular flexibility index (Phi) is 8.15. The summed E-state index contributed by atoms with van der Waals surface area (Å²) >= 11 is 12.4. The highest BCUT2D eigenvalue weighted by atomic mass is 35.5. The van der Waals surface area contributed by atoms with E-state index < -0.39 is 0 Å². The highest BCUT2D eigenvalue weighted by Crippen LogP contribution is 2.37. The summed E-state index contributed by atoms with van der Waals surface area (Å²) in [5.74, 6) is 0. The first-order valence-electron chi connectivity index (χ1n) is 7.94. The van der Waals surface area contributed by atoms with Crippen molar-refractivity contribution in [3.05, 3.63) is 57.6 Å². The van der Waals surface area contributed by atoms with Gasteiger partial charge in [-0.3, -0.25) is 9.59 Å². The van der Waals surface area contributed by atoms with E-state index in [-0.39, 0.29) is 0 Å². The molecule has 138 valence electrons. The number of benzene rings is 2. The van der Waals surface area contributed by atoms with E-state index in [1.807, 2.05) is 38.1 Å². The third-order valence-corrected chi connectivity index (χ3v) is 6.58. The van der Waals surface area contributed by atoms with Crippen molar-refractivity contribution in [2.75, 3.05) is 8.61 Å². The van der Waals surface area contributed by atoms with Crippen LogP contribution in [0.15, 0.2) is 36.4 Å². The zero-order chi connectivity index (χ0) is 19.1. The van der Waals surface area contributed by atoms with Gasteiger partial charge in [0.1, 0.15) is 0 Å². The standard InChI is InChI=1S/C18H18Cl2N2O2S2/c1-3-13-5-7-15(9-17(13)19)21(11-23)25-26-22(12-24)16-8-6-14(4-2)18(20)10-16/h5-12H,3-4H2,1-2H3. The lowest BCUT2D eigenvalue weighted by molar-refractivity contribution is -0.107. The molecule has 0 saturated heterocycles. The molecule has 0 N–H and O–H groups in total. The average molecular weight is 429 g/mol. The number of anilines is 2. The van der Waals surface area contributed by atoms with Gasteiger partial charge in [0.25, 0.3) is 0 Å². The Hall–Kier alpha value is -1.34. The largest absolute Gasteiger partial charge is 0.277 e. The number of amides is 2. The molecule has 2 aromatic rings. The lowest BCUT2D eigenvalue weighted by Gasteiger charge is -2.20. The van der Waals surface area contributed by atoms with Crippen LogP contribution in [-0.4, -0.2) is 12.8 Å². The fraction of sp³-hybridized carbons (Fsp3) is 0.222. The van der Waals surface area contributed by atoms with Crippen LogP contribution in [0, 0.1) is 0 Å². The number of aryl methyl sites for hydroxylation is 2. The monoisotopic (exact) mass is 428 g/mol. The Labute approximate surface area is 171 Å².